The number of hydrogen-bond donors (Lipinski definition) is 0. The Morgan fingerprint density at radius 2 is 1.52 bits per heavy atom. The second-order valence-electron chi connectivity index (χ2n) is 7.43. The molecule has 0 aromatic heterocycles. The van der Waals surface area contributed by atoms with Crippen molar-refractivity contribution in [2.75, 3.05) is 0 Å². The molecule has 2 rings (SSSR count). The minimum absolute atomic E-state index is 0.367. The van der Waals surface area contributed by atoms with Gasteiger partial charge in [-0.1, -0.05) is 44.6 Å². The Bertz CT molecular complexity index is 580. The van der Waals surface area contributed by atoms with E-state index < -0.39 is 23.7 Å². The highest BCUT2D eigenvalue weighted by Gasteiger charge is 2.34. The van der Waals surface area contributed by atoms with Crippen LogP contribution in [0.1, 0.15) is 63.4 Å². The first-order valence-electron chi connectivity index (χ1n) is 9.63. The summed E-state index contributed by atoms with van der Waals surface area (Å²) in [5.74, 6) is -2.74. The van der Waals surface area contributed by atoms with Crippen LogP contribution in [0.15, 0.2) is 24.8 Å². The molecular weight excluding hydrogens is 363 g/mol. The maximum Gasteiger partial charge on any atom is 0.573 e. The normalized spacial score (nSPS) is 20.5. The molecule has 1 aliphatic rings. The molecule has 27 heavy (non-hydrogen) atoms. The summed E-state index contributed by atoms with van der Waals surface area (Å²) in [6, 6.07) is 1.88. The van der Waals surface area contributed by atoms with Gasteiger partial charge in [0.2, 0.25) is 5.75 Å². The zero-order chi connectivity index (χ0) is 19.9. The second-order valence-corrected chi connectivity index (χ2v) is 7.43. The Hall–Kier alpha value is -1.59. The van der Waals surface area contributed by atoms with Gasteiger partial charge in [-0.05, 0) is 55.2 Å². The van der Waals surface area contributed by atoms with Crippen LogP contribution in [0, 0.1) is 23.5 Å². The summed E-state index contributed by atoms with van der Waals surface area (Å²) >= 11 is 0. The summed E-state index contributed by atoms with van der Waals surface area (Å²) in [7, 11) is 0. The number of aryl methyl sites for hydroxylation is 1. The topological polar surface area (TPSA) is 9.23 Å². The Morgan fingerprint density at radius 3 is 2.04 bits per heavy atom. The largest absolute Gasteiger partial charge is 0.573 e. The van der Waals surface area contributed by atoms with E-state index in [0.717, 1.165) is 43.7 Å². The van der Waals surface area contributed by atoms with Crippen LogP contribution in [0.2, 0.25) is 0 Å². The third-order valence-corrected chi connectivity index (χ3v) is 5.35. The maximum atomic E-state index is 13.8. The number of rotatable bonds is 9. The van der Waals surface area contributed by atoms with Crippen LogP contribution in [-0.2, 0) is 6.42 Å². The van der Waals surface area contributed by atoms with Crippen LogP contribution in [0.4, 0.5) is 22.0 Å². The van der Waals surface area contributed by atoms with Crippen LogP contribution in [0.25, 0.3) is 0 Å². The number of alkyl halides is 3. The minimum Gasteiger partial charge on any atom is -0.399 e. The van der Waals surface area contributed by atoms with E-state index in [-0.39, 0.29) is 0 Å². The number of hydrogen-bond acceptors (Lipinski definition) is 1. The summed E-state index contributed by atoms with van der Waals surface area (Å²) in [5, 5.41) is 0. The van der Waals surface area contributed by atoms with Crippen LogP contribution < -0.4 is 4.74 Å². The summed E-state index contributed by atoms with van der Waals surface area (Å²) < 4.78 is 67.5. The first-order chi connectivity index (χ1) is 12.8. The van der Waals surface area contributed by atoms with Crippen molar-refractivity contribution in [1.82, 2.24) is 0 Å². The van der Waals surface area contributed by atoms with Gasteiger partial charge in [0.1, 0.15) is 0 Å². The molecule has 0 saturated heterocycles. The van der Waals surface area contributed by atoms with Gasteiger partial charge in [-0.15, -0.1) is 19.8 Å². The van der Waals surface area contributed by atoms with Crippen molar-refractivity contribution in [3.05, 3.63) is 42.0 Å². The minimum atomic E-state index is -5.12. The molecule has 1 nitrogen and oxygen atoms in total. The monoisotopic (exact) mass is 390 g/mol. The molecule has 0 amide bonds. The molecule has 0 aliphatic heterocycles. The number of halogens is 5. The third kappa shape index (κ3) is 7.51. The number of allylic oxidation sites excluding steroid dienone is 1. The van der Waals surface area contributed by atoms with Crippen LogP contribution in [0.3, 0.4) is 0 Å². The van der Waals surface area contributed by atoms with Crippen LogP contribution >= 0.6 is 0 Å². The predicted molar refractivity (Wildman–Crippen MR) is 95.5 cm³/mol. The van der Waals surface area contributed by atoms with Crippen molar-refractivity contribution < 1.29 is 26.7 Å². The number of benzene rings is 1. The first kappa shape index (κ1) is 21.7. The predicted octanol–water partition coefficient (Wildman–Crippen LogP) is 7.35. The fourth-order valence-corrected chi connectivity index (χ4v) is 3.87. The highest BCUT2D eigenvalue weighted by atomic mass is 19.4. The first-order valence-corrected chi connectivity index (χ1v) is 9.63. The Morgan fingerprint density at radius 1 is 0.963 bits per heavy atom. The summed E-state index contributed by atoms with van der Waals surface area (Å²) in [5.41, 5.74) is 0.367. The van der Waals surface area contributed by atoms with Crippen molar-refractivity contribution in [3.63, 3.8) is 0 Å². The van der Waals surface area contributed by atoms with Gasteiger partial charge in [0, 0.05) is 0 Å². The summed E-state index contributed by atoms with van der Waals surface area (Å²) in [4.78, 5) is 0. The highest BCUT2D eigenvalue weighted by molar-refractivity contribution is 5.31. The molecule has 1 saturated carbocycles. The quantitative estimate of drug-likeness (QED) is 0.243. The molecule has 0 spiro atoms. The van der Waals surface area contributed by atoms with Gasteiger partial charge in [-0.2, -0.15) is 0 Å². The summed E-state index contributed by atoms with van der Waals surface area (Å²) in [6.45, 7) is 3.73. The van der Waals surface area contributed by atoms with Gasteiger partial charge in [-0.25, -0.2) is 8.78 Å². The average Bonchev–Trinajstić information content (AvgIpc) is 2.60. The van der Waals surface area contributed by atoms with Gasteiger partial charge in [0.05, 0.1) is 0 Å². The SMILES string of the molecule is C=CCCCCC1CCC(CCc2cc(F)c(OC(F)(F)F)c(F)c2)CC1. The molecular formula is C21H27F5O. The average molecular weight is 390 g/mol. The molecule has 0 N–H and O–H groups in total. The standard InChI is InChI=1S/C21H27F5O/c1-2-3-4-5-6-15-7-9-16(10-8-15)11-12-17-13-18(22)20(19(23)14-17)27-21(24,25)26/h2,13-16H,1,3-12H2. The smallest absolute Gasteiger partial charge is 0.399 e. The van der Waals surface area contributed by atoms with E-state index in [1.54, 1.807) is 0 Å². The highest BCUT2D eigenvalue weighted by Crippen LogP contribution is 2.35. The fourth-order valence-electron chi connectivity index (χ4n) is 3.87. The molecule has 0 unspecified atom stereocenters. The number of unbranched alkanes of at least 4 members (excludes halogenated alkanes) is 2. The third-order valence-electron chi connectivity index (χ3n) is 5.35. The maximum absolute atomic E-state index is 13.8. The van der Waals surface area contributed by atoms with Crippen molar-refractivity contribution in [3.8, 4) is 5.75 Å². The van der Waals surface area contributed by atoms with E-state index in [9.17, 15) is 22.0 Å². The lowest BCUT2D eigenvalue weighted by Gasteiger charge is -2.28. The van der Waals surface area contributed by atoms with Crippen molar-refractivity contribution >= 4 is 0 Å². The van der Waals surface area contributed by atoms with E-state index >= 15 is 0 Å². The Balaban J connectivity index is 1.78. The number of ether oxygens (including phenoxy) is 1. The molecule has 0 heterocycles. The van der Waals surface area contributed by atoms with Crippen molar-refractivity contribution in [2.45, 2.75) is 70.6 Å². The summed E-state index contributed by atoms with van der Waals surface area (Å²) in [6.07, 6.45) is 7.38. The van der Waals surface area contributed by atoms with Gasteiger partial charge >= 0.3 is 6.36 Å². The second kappa shape index (κ2) is 10.1. The molecule has 0 atom stereocenters. The van der Waals surface area contributed by atoms with Gasteiger partial charge in [0.25, 0.3) is 0 Å². The van der Waals surface area contributed by atoms with Crippen molar-refractivity contribution in [2.24, 2.45) is 11.8 Å². The Kier molecular flexibility index (Phi) is 8.11. The van der Waals surface area contributed by atoms with Crippen LogP contribution in [-0.4, -0.2) is 6.36 Å². The molecule has 1 aliphatic carbocycles. The van der Waals surface area contributed by atoms with E-state index in [1.807, 2.05) is 6.08 Å². The molecule has 1 aromatic rings. The van der Waals surface area contributed by atoms with Gasteiger partial charge in [-0.3, -0.25) is 0 Å². The molecule has 6 heteroatoms. The van der Waals surface area contributed by atoms with E-state index in [1.165, 1.54) is 32.1 Å². The zero-order valence-corrected chi connectivity index (χ0v) is 15.5. The van der Waals surface area contributed by atoms with E-state index in [4.69, 9.17) is 0 Å². The fraction of sp³-hybridized carbons (Fsp3) is 0.619. The van der Waals surface area contributed by atoms with E-state index in [0.29, 0.717) is 17.9 Å². The molecule has 1 fully saturated rings. The lowest BCUT2D eigenvalue weighted by atomic mass is 9.78. The molecule has 1 aromatic carbocycles. The lowest BCUT2D eigenvalue weighted by molar-refractivity contribution is -0.276. The molecule has 152 valence electrons. The van der Waals surface area contributed by atoms with Crippen molar-refractivity contribution in [1.29, 1.82) is 0 Å². The molecule has 0 radical (unpaired) electrons. The van der Waals surface area contributed by atoms with Crippen LogP contribution in [0.5, 0.6) is 5.75 Å². The zero-order valence-electron chi connectivity index (χ0n) is 15.5. The van der Waals surface area contributed by atoms with Gasteiger partial charge in [0.15, 0.2) is 11.6 Å². The van der Waals surface area contributed by atoms with E-state index in [2.05, 4.69) is 11.3 Å². The lowest BCUT2D eigenvalue weighted by Crippen LogP contribution is -2.19. The molecule has 0 bridgehead atoms. The van der Waals surface area contributed by atoms with Gasteiger partial charge < -0.3 is 4.74 Å². The Labute approximate surface area is 157 Å².